The molecule has 1 fully saturated rings. The van der Waals surface area contributed by atoms with E-state index in [1.807, 2.05) is 30.3 Å². The zero-order valence-electron chi connectivity index (χ0n) is 22.5. The molecule has 2 atom stereocenters. The number of urea groups is 1. The van der Waals surface area contributed by atoms with Crippen molar-refractivity contribution in [2.45, 2.75) is 64.6 Å². The van der Waals surface area contributed by atoms with Crippen molar-refractivity contribution in [3.05, 3.63) is 82.6 Å². The molecule has 2 aromatic rings. The molecule has 2 heterocycles. The van der Waals surface area contributed by atoms with Crippen LogP contribution in [0, 0.1) is 0 Å². The number of alkyl halides is 3. The Bertz CT molecular complexity index is 1280. The standard InChI is InChI=1S/C29H32F3N3O5/c1-18(2)39-26(36)24-19(3)33-27(37)35(25(24)22-13-7-8-14-23(22)29(30,31)32)28(38)40-21-12-9-15-34(17-21)16-20-10-5-4-6-11-20/h4-8,10-11,13-14,18,21,25H,9,12,15-17H2,1-3H3,(H,33,37). The maximum Gasteiger partial charge on any atom is 0.419 e. The number of hydrogen-bond donors (Lipinski definition) is 1. The first kappa shape index (κ1) is 29.1. The largest absolute Gasteiger partial charge is 0.459 e. The Morgan fingerprint density at radius 1 is 1.07 bits per heavy atom. The lowest BCUT2D eigenvalue weighted by atomic mass is 9.90. The number of esters is 1. The molecule has 1 saturated heterocycles. The van der Waals surface area contributed by atoms with Crippen molar-refractivity contribution in [3.63, 3.8) is 0 Å². The molecule has 2 aliphatic heterocycles. The topological polar surface area (TPSA) is 88.2 Å². The molecular weight excluding hydrogens is 527 g/mol. The minimum Gasteiger partial charge on any atom is -0.459 e. The maximum atomic E-state index is 14.1. The number of nitrogens with one attached hydrogen (secondary N) is 1. The number of hydrogen-bond acceptors (Lipinski definition) is 6. The summed E-state index contributed by atoms with van der Waals surface area (Å²) in [4.78, 5) is 42.5. The number of amides is 3. The second-order valence-electron chi connectivity index (χ2n) is 10.1. The van der Waals surface area contributed by atoms with Crippen LogP contribution in [0.15, 0.2) is 65.9 Å². The van der Waals surface area contributed by atoms with Gasteiger partial charge < -0.3 is 14.8 Å². The molecule has 214 valence electrons. The molecule has 40 heavy (non-hydrogen) atoms. The SMILES string of the molecule is CC1=C(C(=O)OC(C)C)C(c2ccccc2C(F)(F)F)N(C(=O)OC2CCCN(Cc3ccccc3)C2)C(=O)N1. The van der Waals surface area contributed by atoms with Crippen LogP contribution in [0.4, 0.5) is 22.8 Å². The van der Waals surface area contributed by atoms with Gasteiger partial charge in [0.2, 0.25) is 0 Å². The lowest BCUT2D eigenvalue weighted by Crippen LogP contribution is -2.53. The lowest BCUT2D eigenvalue weighted by Gasteiger charge is -2.38. The number of carbonyl (C=O) groups excluding carboxylic acids is 3. The van der Waals surface area contributed by atoms with Gasteiger partial charge in [0.1, 0.15) is 12.1 Å². The van der Waals surface area contributed by atoms with Gasteiger partial charge in [0, 0.05) is 18.8 Å². The van der Waals surface area contributed by atoms with Gasteiger partial charge in [-0.25, -0.2) is 19.3 Å². The first-order valence-corrected chi connectivity index (χ1v) is 13.1. The lowest BCUT2D eigenvalue weighted by molar-refractivity contribution is -0.144. The molecule has 0 saturated carbocycles. The molecule has 2 unspecified atom stereocenters. The van der Waals surface area contributed by atoms with E-state index in [9.17, 15) is 27.6 Å². The number of allylic oxidation sites excluding steroid dienone is 1. The Labute approximate surface area is 230 Å². The van der Waals surface area contributed by atoms with Gasteiger partial charge in [-0.1, -0.05) is 48.5 Å². The summed E-state index contributed by atoms with van der Waals surface area (Å²) in [5, 5.41) is 2.42. The van der Waals surface area contributed by atoms with Gasteiger partial charge in [-0.05, 0) is 57.4 Å². The third kappa shape index (κ3) is 6.64. The van der Waals surface area contributed by atoms with Crippen LogP contribution < -0.4 is 5.32 Å². The fourth-order valence-corrected chi connectivity index (χ4v) is 5.05. The highest BCUT2D eigenvalue weighted by Gasteiger charge is 2.47. The molecule has 2 aromatic carbocycles. The summed E-state index contributed by atoms with van der Waals surface area (Å²) in [5.41, 5.74) is -0.722. The molecule has 11 heteroatoms. The third-order valence-corrected chi connectivity index (χ3v) is 6.75. The number of nitrogens with zero attached hydrogens (tertiary/aromatic N) is 2. The summed E-state index contributed by atoms with van der Waals surface area (Å²) in [6.45, 7) is 6.35. The maximum absolute atomic E-state index is 14.1. The number of piperidine rings is 1. The van der Waals surface area contributed by atoms with Crippen LogP contribution in [0.3, 0.4) is 0 Å². The molecule has 2 aliphatic rings. The Morgan fingerprint density at radius 2 is 1.75 bits per heavy atom. The quantitative estimate of drug-likeness (QED) is 0.451. The molecule has 3 amide bonds. The van der Waals surface area contributed by atoms with Crippen molar-refractivity contribution in [1.29, 1.82) is 0 Å². The summed E-state index contributed by atoms with van der Waals surface area (Å²) in [6.07, 6.45) is -5.91. The van der Waals surface area contributed by atoms with Gasteiger partial charge in [-0.2, -0.15) is 13.2 Å². The normalized spacial score (nSPS) is 20.4. The van der Waals surface area contributed by atoms with Gasteiger partial charge in [0.25, 0.3) is 0 Å². The Balaban J connectivity index is 1.66. The van der Waals surface area contributed by atoms with E-state index < -0.39 is 53.6 Å². The van der Waals surface area contributed by atoms with Crippen molar-refractivity contribution in [2.24, 2.45) is 0 Å². The first-order chi connectivity index (χ1) is 19.0. The van der Waals surface area contributed by atoms with E-state index in [1.165, 1.54) is 19.1 Å². The number of likely N-dealkylation sites (tertiary alicyclic amines) is 1. The van der Waals surface area contributed by atoms with E-state index in [1.54, 1.807) is 13.8 Å². The Hall–Kier alpha value is -3.86. The average molecular weight is 560 g/mol. The number of halogens is 3. The van der Waals surface area contributed by atoms with E-state index >= 15 is 0 Å². The smallest absolute Gasteiger partial charge is 0.419 e. The van der Waals surface area contributed by atoms with Crippen LogP contribution in [-0.4, -0.2) is 53.2 Å². The molecule has 4 rings (SSSR count). The Morgan fingerprint density at radius 3 is 2.42 bits per heavy atom. The molecule has 1 N–H and O–H groups in total. The summed E-state index contributed by atoms with van der Waals surface area (Å²) in [6, 6.07) is 11.6. The number of carbonyl (C=O) groups is 3. The van der Waals surface area contributed by atoms with Gasteiger partial charge in [-0.15, -0.1) is 0 Å². The van der Waals surface area contributed by atoms with Crippen molar-refractivity contribution in [1.82, 2.24) is 15.1 Å². The second kappa shape index (κ2) is 12.1. The second-order valence-corrected chi connectivity index (χ2v) is 10.1. The van der Waals surface area contributed by atoms with Crippen LogP contribution in [0.1, 0.15) is 56.3 Å². The highest BCUT2D eigenvalue weighted by Crippen LogP contribution is 2.42. The minimum atomic E-state index is -4.82. The van der Waals surface area contributed by atoms with Gasteiger partial charge in [-0.3, -0.25) is 4.90 Å². The van der Waals surface area contributed by atoms with E-state index in [0.717, 1.165) is 30.7 Å². The number of rotatable bonds is 6. The van der Waals surface area contributed by atoms with E-state index in [-0.39, 0.29) is 11.3 Å². The molecule has 8 nitrogen and oxygen atoms in total. The monoisotopic (exact) mass is 559 g/mol. The number of ether oxygens (including phenoxy) is 2. The fraction of sp³-hybridized carbons (Fsp3) is 0.414. The molecular formula is C29H32F3N3O5. The van der Waals surface area contributed by atoms with Crippen LogP contribution in [-0.2, 0) is 27.0 Å². The molecule has 0 radical (unpaired) electrons. The summed E-state index contributed by atoms with van der Waals surface area (Å²) >= 11 is 0. The summed E-state index contributed by atoms with van der Waals surface area (Å²) in [7, 11) is 0. The van der Waals surface area contributed by atoms with Gasteiger partial charge >= 0.3 is 24.3 Å². The zero-order valence-corrected chi connectivity index (χ0v) is 22.5. The van der Waals surface area contributed by atoms with E-state index in [2.05, 4.69) is 10.2 Å². The van der Waals surface area contributed by atoms with Gasteiger partial charge in [0.15, 0.2) is 0 Å². The Kier molecular flexibility index (Phi) is 8.82. The molecule has 0 aliphatic carbocycles. The predicted molar refractivity (Wildman–Crippen MR) is 140 cm³/mol. The van der Waals surface area contributed by atoms with Crippen LogP contribution in [0.2, 0.25) is 0 Å². The fourth-order valence-electron chi connectivity index (χ4n) is 5.05. The molecule has 0 bridgehead atoms. The van der Waals surface area contributed by atoms with Crippen LogP contribution in [0.5, 0.6) is 0 Å². The van der Waals surface area contributed by atoms with E-state index in [0.29, 0.717) is 24.4 Å². The van der Waals surface area contributed by atoms with Crippen molar-refractivity contribution < 1.29 is 37.0 Å². The van der Waals surface area contributed by atoms with Crippen molar-refractivity contribution in [2.75, 3.05) is 13.1 Å². The molecule has 0 spiro atoms. The first-order valence-electron chi connectivity index (χ1n) is 13.1. The third-order valence-electron chi connectivity index (χ3n) is 6.75. The van der Waals surface area contributed by atoms with E-state index in [4.69, 9.17) is 9.47 Å². The summed E-state index contributed by atoms with van der Waals surface area (Å²) in [5.74, 6) is -0.945. The summed E-state index contributed by atoms with van der Waals surface area (Å²) < 4.78 is 53.3. The highest BCUT2D eigenvalue weighted by atomic mass is 19.4. The van der Waals surface area contributed by atoms with Crippen LogP contribution in [0.25, 0.3) is 0 Å². The van der Waals surface area contributed by atoms with Crippen molar-refractivity contribution in [3.8, 4) is 0 Å². The number of imide groups is 1. The average Bonchev–Trinajstić information content (AvgIpc) is 2.88. The minimum absolute atomic E-state index is 0.00613. The van der Waals surface area contributed by atoms with Crippen molar-refractivity contribution >= 4 is 18.1 Å². The zero-order chi connectivity index (χ0) is 29.0. The van der Waals surface area contributed by atoms with Crippen LogP contribution >= 0.6 is 0 Å². The number of benzene rings is 2. The van der Waals surface area contributed by atoms with Gasteiger partial charge in [0.05, 0.1) is 17.2 Å². The predicted octanol–water partition coefficient (Wildman–Crippen LogP) is 5.80. The molecule has 0 aromatic heterocycles. The highest BCUT2D eigenvalue weighted by molar-refractivity contribution is 6.00.